The number of ether oxygens (including phenoxy) is 1. The van der Waals surface area contributed by atoms with E-state index in [1.54, 1.807) is 19.4 Å². The van der Waals surface area contributed by atoms with Crippen LogP contribution < -0.4 is 15.0 Å². The SMILES string of the molecule is COc1ccccc1N1CC[C@H](CNC(=O)c2cc(Br)c[nH]2)C1. The maximum Gasteiger partial charge on any atom is 0.267 e. The molecular formula is C17H20BrN3O2. The maximum atomic E-state index is 12.1. The Hall–Kier alpha value is -1.95. The highest BCUT2D eigenvalue weighted by Gasteiger charge is 2.25. The lowest BCUT2D eigenvalue weighted by atomic mass is 10.1. The normalized spacial score (nSPS) is 17.3. The summed E-state index contributed by atoms with van der Waals surface area (Å²) in [4.78, 5) is 17.3. The van der Waals surface area contributed by atoms with E-state index in [9.17, 15) is 4.79 Å². The van der Waals surface area contributed by atoms with Crippen molar-refractivity contribution in [3.05, 3.63) is 46.7 Å². The molecule has 1 saturated heterocycles. The van der Waals surface area contributed by atoms with Crippen molar-refractivity contribution in [3.8, 4) is 5.75 Å². The van der Waals surface area contributed by atoms with E-state index in [1.165, 1.54) is 0 Å². The average Bonchev–Trinajstić information content (AvgIpc) is 3.21. The highest BCUT2D eigenvalue weighted by Crippen LogP contribution is 2.31. The number of para-hydroxylation sites is 2. The predicted molar refractivity (Wildman–Crippen MR) is 94.1 cm³/mol. The summed E-state index contributed by atoms with van der Waals surface area (Å²) in [6.45, 7) is 2.59. The summed E-state index contributed by atoms with van der Waals surface area (Å²) in [6.07, 6.45) is 2.82. The average molecular weight is 378 g/mol. The van der Waals surface area contributed by atoms with Gasteiger partial charge in [0, 0.05) is 30.3 Å². The Bertz CT molecular complexity index is 686. The standard InChI is InChI=1S/C17H20BrN3O2/c1-23-16-5-3-2-4-15(16)21-7-6-12(11-21)9-20-17(22)14-8-13(18)10-19-14/h2-5,8,10,12,19H,6-7,9,11H2,1H3,(H,20,22)/t12-/m1/s1. The Morgan fingerprint density at radius 1 is 1.48 bits per heavy atom. The van der Waals surface area contributed by atoms with Crippen molar-refractivity contribution >= 4 is 27.5 Å². The Kier molecular flexibility index (Phi) is 4.91. The van der Waals surface area contributed by atoms with Gasteiger partial charge in [0.25, 0.3) is 5.91 Å². The molecule has 0 unspecified atom stereocenters. The molecule has 0 aliphatic carbocycles. The largest absolute Gasteiger partial charge is 0.495 e. The molecule has 5 nitrogen and oxygen atoms in total. The molecule has 2 heterocycles. The number of hydrogen-bond donors (Lipinski definition) is 2. The predicted octanol–water partition coefficient (Wildman–Crippen LogP) is 3.04. The third-order valence-electron chi connectivity index (χ3n) is 4.16. The molecule has 1 aliphatic rings. The maximum absolute atomic E-state index is 12.1. The van der Waals surface area contributed by atoms with Gasteiger partial charge in [0.2, 0.25) is 0 Å². The topological polar surface area (TPSA) is 57.4 Å². The fourth-order valence-electron chi connectivity index (χ4n) is 2.94. The number of aromatic amines is 1. The highest BCUT2D eigenvalue weighted by molar-refractivity contribution is 9.10. The van der Waals surface area contributed by atoms with E-state index in [1.807, 2.05) is 18.2 Å². The number of aromatic nitrogens is 1. The van der Waals surface area contributed by atoms with E-state index >= 15 is 0 Å². The minimum Gasteiger partial charge on any atom is -0.495 e. The summed E-state index contributed by atoms with van der Waals surface area (Å²) in [5.74, 6) is 1.28. The van der Waals surface area contributed by atoms with Crippen molar-refractivity contribution in [1.29, 1.82) is 0 Å². The number of anilines is 1. The summed E-state index contributed by atoms with van der Waals surface area (Å²) in [5, 5.41) is 3.01. The van der Waals surface area contributed by atoms with Gasteiger partial charge < -0.3 is 19.9 Å². The zero-order chi connectivity index (χ0) is 16.2. The zero-order valence-corrected chi connectivity index (χ0v) is 14.6. The van der Waals surface area contributed by atoms with E-state index < -0.39 is 0 Å². The third-order valence-corrected chi connectivity index (χ3v) is 4.61. The van der Waals surface area contributed by atoms with Crippen LogP contribution in [0, 0.1) is 5.92 Å². The van der Waals surface area contributed by atoms with Crippen LogP contribution in [0.1, 0.15) is 16.9 Å². The molecule has 1 aromatic carbocycles. The van der Waals surface area contributed by atoms with Crippen LogP contribution in [-0.2, 0) is 0 Å². The number of carbonyl (C=O) groups excluding carboxylic acids is 1. The van der Waals surface area contributed by atoms with Crippen LogP contribution in [0.5, 0.6) is 5.75 Å². The first-order chi connectivity index (χ1) is 11.2. The molecule has 1 amide bonds. The van der Waals surface area contributed by atoms with E-state index in [0.29, 0.717) is 18.2 Å². The molecule has 0 bridgehead atoms. The minimum absolute atomic E-state index is 0.0635. The molecule has 6 heteroatoms. The van der Waals surface area contributed by atoms with Crippen LogP contribution in [0.2, 0.25) is 0 Å². The number of benzene rings is 1. The molecule has 122 valence electrons. The van der Waals surface area contributed by atoms with Gasteiger partial charge in [-0.2, -0.15) is 0 Å². The second kappa shape index (κ2) is 7.08. The third kappa shape index (κ3) is 3.69. The number of rotatable bonds is 5. The van der Waals surface area contributed by atoms with Crippen LogP contribution in [0.3, 0.4) is 0 Å². The van der Waals surface area contributed by atoms with Gasteiger partial charge in [-0.05, 0) is 46.5 Å². The minimum atomic E-state index is -0.0635. The first-order valence-electron chi connectivity index (χ1n) is 7.67. The number of halogens is 1. The number of methoxy groups -OCH3 is 1. The number of hydrogen-bond acceptors (Lipinski definition) is 3. The molecule has 1 aromatic heterocycles. The molecule has 0 spiro atoms. The second-order valence-corrected chi connectivity index (χ2v) is 6.63. The number of carbonyl (C=O) groups is 1. The first kappa shape index (κ1) is 15.9. The summed E-state index contributed by atoms with van der Waals surface area (Å²) >= 11 is 3.34. The van der Waals surface area contributed by atoms with Crippen LogP contribution in [0.25, 0.3) is 0 Å². The number of nitrogens with zero attached hydrogens (tertiary/aromatic N) is 1. The molecule has 1 aliphatic heterocycles. The van der Waals surface area contributed by atoms with Crippen molar-refractivity contribution in [1.82, 2.24) is 10.3 Å². The van der Waals surface area contributed by atoms with E-state index in [0.717, 1.165) is 35.4 Å². The van der Waals surface area contributed by atoms with Crippen molar-refractivity contribution in [2.24, 2.45) is 5.92 Å². The van der Waals surface area contributed by atoms with Gasteiger partial charge in [-0.1, -0.05) is 12.1 Å². The van der Waals surface area contributed by atoms with Crippen molar-refractivity contribution in [2.45, 2.75) is 6.42 Å². The Labute approximate surface area is 144 Å². The first-order valence-corrected chi connectivity index (χ1v) is 8.46. The van der Waals surface area contributed by atoms with Gasteiger partial charge >= 0.3 is 0 Å². The van der Waals surface area contributed by atoms with Gasteiger partial charge in [-0.25, -0.2) is 0 Å². The number of nitrogens with one attached hydrogen (secondary N) is 2. The summed E-state index contributed by atoms with van der Waals surface area (Å²) in [5.41, 5.74) is 1.70. The van der Waals surface area contributed by atoms with Crippen molar-refractivity contribution in [3.63, 3.8) is 0 Å². The zero-order valence-electron chi connectivity index (χ0n) is 13.0. The van der Waals surface area contributed by atoms with E-state index in [-0.39, 0.29) is 5.91 Å². The van der Waals surface area contributed by atoms with Gasteiger partial charge in [-0.15, -0.1) is 0 Å². The van der Waals surface area contributed by atoms with Gasteiger partial charge in [-0.3, -0.25) is 4.79 Å². The quantitative estimate of drug-likeness (QED) is 0.841. The van der Waals surface area contributed by atoms with Gasteiger partial charge in [0.05, 0.1) is 12.8 Å². The Morgan fingerprint density at radius 2 is 2.30 bits per heavy atom. The lowest BCUT2D eigenvalue weighted by Crippen LogP contribution is -2.31. The van der Waals surface area contributed by atoms with Crippen LogP contribution in [0.15, 0.2) is 41.0 Å². The van der Waals surface area contributed by atoms with Crippen molar-refractivity contribution < 1.29 is 9.53 Å². The molecule has 23 heavy (non-hydrogen) atoms. The second-order valence-electron chi connectivity index (χ2n) is 5.71. The molecular weight excluding hydrogens is 358 g/mol. The smallest absolute Gasteiger partial charge is 0.267 e. The van der Waals surface area contributed by atoms with Crippen LogP contribution >= 0.6 is 15.9 Å². The highest BCUT2D eigenvalue weighted by atomic mass is 79.9. The van der Waals surface area contributed by atoms with Crippen LogP contribution in [-0.4, -0.2) is 37.6 Å². The fourth-order valence-corrected chi connectivity index (χ4v) is 3.28. The van der Waals surface area contributed by atoms with Gasteiger partial charge in [0.15, 0.2) is 0 Å². The fraction of sp³-hybridized carbons (Fsp3) is 0.353. The van der Waals surface area contributed by atoms with Gasteiger partial charge in [0.1, 0.15) is 11.4 Å². The van der Waals surface area contributed by atoms with Crippen LogP contribution in [0.4, 0.5) is 5.69 Å². The molecule has 2 N–H and O–H groups in total. The summed E-state index contributed by atoms with van der Waals surface area (Å²) in [6, 6.07) is 9.84. The summed E-state index contributed by atoms with van der Waals surface area (Å²) < 4.78 is 6.31. The molecule has 2 aromatic rings. The lowest BCUT2D eigenvalue weighted by molar-refractivity contribution is 0.0944. The summed E-state index contributed by atoms with van der Waals surface area (Å²) in [7, 11) is 1.70. The molecule has 0 saturated carbocycles. The number of amides is 1. The van der Waals surface area contributed by atoms with Crippen molar-refractivity contribution in [2.75, 3.05) is 31.6 Å². The van der Waals surface area contributed by atoms with E-state index in [4.69, 9.17) is 4.74 Å². The van der Waals surface area contributed by atoms with E-state index in [2.05, 4.69) is 37.2 Å². The molecule has 0 radical (unpaired) electrons. The lowest BCUT2D eigenvalue weighted by Gasteiger charge is -2.21. The monoisotopic (exact) mass is 377 g/mol. The Morgan fingerprint density at radius 3 is 3.04 bits per heavy atom. The Balaban J connectivity index is 1.55. The molecule has 3 rings (SSSR count). The molecule has 1 atom stereocenters. The number of H-pyrrole nitrogens is 1. The molecule has 1 fully saturated rings.